The molecule has 34 heavy (non-hydrogen) atoms. The Labute approximate surface area is 208 Å². The number of fused-ring (bicyclic) bond motifs is 1. The number of anilines is 1. The number of sulfone groups is 1. The van der Waals surface area contributed by atoms with Crippen LogP contribution < -0.4 is 10.6 Å². The van der Waals surface area contributed by atoms with Crippen LogP contribution in [0.2, 0.25) is 5.02 Å². The lowest BCUT2D eigenvalue weighted by molar-refractivity contribution is 0.0944. The van der Waals surface area contributed by atoms with E-state index >= 15 is 0 Å². The summed E-state index contributed by atoms with van der Waals surface area (Å²) < 4.78 is 30.0. The minimum atomic E-state index is -3.73. The molecule has 0 radical (unpaired) electrons. The van der Waals surface area contributed by atoms with E-state index in [1.54, 1.807) is 6.92 Å². The molecule has 0 atom stereocenters. The number of amides is 2. The van der Waals surface area contributed by atoms with Gasteiger partial charge in [-0.3, -0.25) is 9.59 Å². The molecule has 0 saturated carbocycles. The van der Waals surface area contributed by atoms with Crippen LogP contribution in [0.15, 0.2) is 11.4 Å². The largest absolute Gasteiger partial charge is 0.382 e. The maximum atomic E-state index is 13.1. The SMILES string of the molecule is CCCS(=O)(=O)c1ncc(Cl)c(C(=O)Nc2sc3c(c2C(=O)NCCCOCC)CCCC3)n1. The molecular weight excluding hydrogens is 500 g/mol. The highest BCUT2D eigenvalue weighted by molar-refractivity contribution is 7.91. The van der Waals surface area contributed by atoms with Crippen molar-refractivity contribution in [3.05, 3.63) is 32.9 Å². The van der Waals surface area contributed by atoms with E-state index in [9.17, 15) is 18.0 Å². The number of aryl methyl sites for hydroxylation is 1. The Morgan fingerprint density at radius 1 is 1.21 bits per heavy atom. The molecule has 12 heteroatoms. The standard InChI is InChI=1S/C22H29ClN4O5S2/c1-3-12-34(30,31)22-25-13-15(23)18(26-22)20(29)27-21-17(14-8-5-6-9-16(14)33-21)19(28)24-10-7-11-32-4-2/h13H,3-12H2,1-2H3,(H,24,28)(H,27,29). The van der Waals surface area contributed by atoms with Crippen LogP contribution in [-0.4, -0.2) is 55.7 Å². The molecule has 0 bridgehead atoms. The molecule has 0 saturated heterocycles. The van der Waals surface area contributed by atoms with Crippen LogP contribution >= 0.6 is 22.9 Å². The van der Waals surface area contributed by atoms with Crippen molar-refractivity contribution in [2.75, 3.05) is 30.8 Å². The molecule has 0 aromatic carbocycles. The van der Waals surface area contributed by atoms with Crippen molar-refractivity contribution in [3.63, 3.8) is 0 Å². The summed E-state index contributed by atoms with van der Waals surface area (Å²) in [6.45, 7) is 5.26. The highest BCUT2D eigenvalue weighted by Crippen LogP contribution is 2.38. The summed E-state index contributed by atoms with van der Waals surface area (Å²) in [7, 11) is -3.73. The lowest BCUT2D eigenvalue weighted by Crippen LogP contribution is -2.27. The Bertz CT molecular complexity index is 1150. The summed E-state index contributed by atoms with van der Waals surface area (Å²) in [5.74, 6) is -1.09. The molecule has 1 aliphatic carbocycles. The summed E-state index contributed by atoms with van der Waals surface area (Å²) in [5.41, 5.74) is 1.16. The van der Waals surface area contributed by atoms with Gasteiger partial charge in [0.15, 0.2) is 5.69 Å². The lowest BCUT2D eigenvalue weighted by atomic mass is 9.95. The van der Waals surface area contributed by atoms with Crippen LogP contribution in [0.25, 0.3) is 0 Å². The van der Waals surface area contributed by atoms with Crippen molar-refractivity contribution in [3.8, 4) is 0 Å². The number of nitrogens with one attached hydrogen (secondary N) is 2. The van der Waals surface area contributed by atoms with Gasteiger partial charge in [-0.25, -0.2) is 18.4 Å². The van der Waals surface area contributed by atoms with Gasteiger partial charge in [0.25, 0.3) is 11.8 Å². The number of aromatic nitrogens is 2. The van der Waals surface area contributed by atoms with Gasteiger partial charge in [0.2, 0.25) is 15.0 Å². The van der Waals surface area contributed by atoms with Gasteiger partial charge in [-0.1, -0.05) is 18.5 Å². The number of carbonyl (C=O) groups is 2. The predicted molar refractivity (Wildman–Crippen MR) is 132 cm³/mol. The van der Waals surface area contributed by atoms with Gasteiger partial charge >= 0.3 is 0 Å². The number of rotatable bonds is 11. The first-order chi connectivity index (χ1) is 16.3. The van der Waals surface area contributed by atoms with Crippen molar-refractivity contribution in [2.24, 2.45) is 0 Å². The van der Waals surface area contributed by atoms with Crippen LogP contribution in [-0.2, 0) is 27.4 Å². The Kier molecular flexibility index (Phi) is 9.40. The zero-order chi connectivity index (χ0) is 24.7. The maximum Gasteiger partial charge on any atom is 0.276 e. The van der Waals surface area contributed by atoms with Crippen LogP contribution in [0.3, 0.4) is 0 Å². The molecular formula is C22H29ClN4O5S2. The molecule has 0 unspecified atom stereocenters. The Hall–Kier alpha value is -2.08. The van der Waals surface area contributed by atoms with E-state index in [-0.39, 0.29) is 22.4 Å². The molecule has 0 fully saturated rings. The van der Waals surface area contributed by atoms with Crippen molar-refractivity contribution < 1.29 is 22.7 Å². The number of thiophene rings is 1. The summed E-state index contributed by atoms with van der Waals surface area (Å²) in [4.78, 5) is 34.9. The van der Waals surface area contributed by atoms with E-state index in [1.165, 1.54) is 11.3 Å². The summed E-state index contributed by atoms with van der Waals surface area (Å²) in [6.07, 6.45) is 5.77. The van der Waals surface area contributed by atoms with Crippen molar-refractivity contribution in [1.29, 1.82) is 0 Å². The third-order valence-electron chi connectivity index (χ3n) is 5.27. The van der Waals surface area contributed by atoms with E-state index in [4.69, 9.17) is 16.3 Å². The van der Waals surface area contributed by atoms with Gasteiger partial charge in [0.05, 0.1) is 22.5 Å². The van der Waals surface area contributed by atoms with Crippen LogP contribution in [0.5, 0.6) is 0 Å². The molecule has 2 aromatic rings. The minimum Gasteiger partial charge on any atom is -0.382 e. The van der Waals surface area contributed by atoms with Crippen LogP contribution in [0.1, 0.15) is 70.8 Å². The highest BCUT2D eigenvalue weighted by atomic mass is 35.5. The second-order valence-corrected chi connectivity index (χ2v) is 11.4. The first kappa shape index (κ1) is 26.5. The average Bonchev–Trinajstić information content (AvgIpc) is 3.16. The number of nitrogens with zero attached hydrogens (tertiary/aromatic N) is 2. The normalized spacial score (nSPS) is 13.4. The maximum absolute atomic E-state index is 13.1. The number of halogens is 1. The van der Waals surface area contributed by atoms with Crippen molar-refractivity contribution in [2.45, 2.75) is 57.5 Å². The average molecular weight is 529 g/mol. The zero-order valence-corrected chi connectivity index (χ0v) is 21.7. The van der Waals surface area contributed by atoms with Crippen molar-refractivity contribution in [1.82, 2.24) is 15.3 Å². The highest BCUT2D eigenvalue weighted by Gasteiger charge is 2.28. The molecule has 2 amide bonds. The molecule has 0 aliphatic heterocycles. The second-order valence-electron chi connectivity index (χ2n) is 7.84. The number of carbonyl (C=O) groups excluding carboxylic acids is 2. The van der Waals surface area contributed by atoms with E-state index in [1.807, 2.05) is 6.92 Å². The van der Waals surface area contributed by atoms with E-state index in [2.05, 4.69) is 20.6 Å². The summed E-state index contributed by atoms with van der Waals surface area (Å²) in [5, 5.41) is 5.55. The Balaban J connectivity index is 1.86. The monoisotopic (exact) mass is 528 g/mol. The smallest absolute Gasteiger partial charge is 0.276 e. The van der Waals surface area contributed by atoms with Crippen molar-refractivity contribution >= 4 is 49.6 Å². The molecule has 0 spiro atoms. The third-order valence-corrected chi connectivity index (χ3v) is 8.45. The summed E-state index contributed by atoms with van der Waals surface area (Å²) in [6, 6.07) is 0. The minimum absolute atomic E-state index is 0.0730. The lowest BCUT2D eigenvalue weighted by Gasteiger charge is -2.13. The number of ether oxygens (including phenoxy) is 1. The molecule has 2 heterocycles. The molecule has 1 aliphatic rings. The Morgan fingerprint density at radius 2 is 1.97 bits per heavy atom. The van der Waals surface area contributed by atoms with E-state index in [0.717, 1.165) is 42.3 Å². The summed E-state index contributed by atoms with van der Waals surface area (Å²) >= 11 is 7.49. The van der Waals surface area contributed by atoms with E-state index in [0.29, 0.717) is 43.2 Å². The van der Waals surface area contributed by atoms with Gasteiger partial charge in [0.1, 0.15) is 5.00 Å². The third kappa shape index (κ3) is 6.32. The molecule has 2 N–H and O–H groups in total. The predicted octanol–water partition coefficient (Wildman–Crippen LogP) is 3.66. The second kappa shape index (κ2) is 12.1. The fourth-order valence-corrected chi connectivity index (χ4v) is 6.31. The fraction of sp³-hybridized carbons (Fsp3) is 0.545. The molecule has 3 rings (SSSR count). The first-order valence-corrected chi connectivity index (χ1v) is 14.2. The van der Waals surface area contributed by atoms with Gasteiger partial charge < -0.3 is 15.4 Å². The first-order valence-electron chi connectivity index (χ1n) is 11.4. The van der Waals surface area contributed by atoms with E-state index < -0.39 is 20.9 Å². The van der Waals surface area contributed by atoms with Gasteiger partial charge in [0, 0.05) is 24.6 Å². The fourth-order valence-electron chi connectivity index (χ4n) is 3.69. The Morgan fingerprint density at radius 3 is 2.71 bits per heavy atom. The number of hydrogen-bond acceptors (Lipinski definition) is 8. The molecule has 9 nitrogen and oxygen atoms in total. The van der Waals surface area contributed by atoms with Gasteiger partial charge in [-0.15, -0.1) is 11.3 Å². The topological polar surface area (TPSA) is 127 Å². The molecule has 186 valence electrons. The number of hydrogen-bond donors (Lipinski definition) is 2. The van der Waals surface area contributed by atoms with Crippen LogP contribution in [0, 0.1) is 0 Å². The molecule has 2 aromatic heterocycles. The van der Waals surface area contributed by atoms with Gasteiger partial charge in [-0.05, 0) is 51.0 Å². The zero-order valence-electron chi connectivity index (χ0n) is 19.3. The van der Waals surface area contributed by atoms with Gasteiger partial charge in [-0.2, -0.15) is 0 Å². The van der Waals surface area contributed by atoms with Crippen LogP contribution in [0.4, 0.5) is 5.00 Å². The quantitative estimate of drug-likeness (QED) is 0.336.